The fourth-order valence-electron chi connectivity index (χ4n) is 1.07. The lowest BCUT2D eigenvalue weighted by atomic mass is 10.5. The molecule has 0 aliphatic carbocycles. The zero-order valence-corrected chi connectivity index (χ0v) is 11.2. The van der Waals surface area contributed by atoms with Gasteiger partial charge in [-0.3, -0.25) is 20.2 Å². The zero-order valence-electron chi connectivity index (χ0n) is 9.55. The molecule has 0 aromatic carbocycles. The number of aromatic nitrogens is 3. The Kier molecular flexibility index (Phi) is 3.63. The number of anilines is 2. The lowest BCUT2D eigenvalue weighted by Gasteiger charge is -2.00. The third-order valence-electron chi connectivity index (χ3n) is 1.79. The van der Waals surface area contributed by atoms with Crippen molar-refractivity contribution in [1.82, 2.24) is 15.2 Å². The van der Waals surface area contributed by atoms with Crippen molar-refractivity contribution >= 4 is 44.8 Å². The van der Waals surface area contributed by atoms with E-state index in [1.165, 1.54) is 22.7 Å². The zero-order chi connectivity index (χ0) is 13.1. The average Bonchev–Trinajstić information content (AvgIpc) is 2.88. The van der Waals surface area contributed by atoms with Gasteiger partial charge in [-0.1, -0.05) is 11.3 Å². The maximum atomic E-state index is 11.5. The van der Waals surface area contributed by atoms with Crippen molar-refractivity contribution < 1.29 is 9.59 Å². The summed E-state index contributed by atoms with van der Waals surface area (Å²) in [4.78, 5) is 27.1. The lowest BCUT2D eigenvalue weighted by molar-refractivity contribution is -0.133. The minimum Gasteiger partial charge on any atom is -0.294 e. The van der Waals surface area contributed by atoms with E-state index in [9.17, 15) is 9.59 Å². The van der Waals surface area contributed by atoms with E-state index < -0.39 is 11.8 Å². The van der Waals surface area contributed by atoms with Crippen LogP contribution in [0.5, 0.6) is 0 Å². The van der Waals surface area contributed by atoms with Gasteiger partial charge in [0.2, 0.25) is 5.13 Å². The minimum atomic E-state index is -0.793. The molecule has 2 heterocycles. The molecule has 2 amide bonds. The number of nitrogens with one attached hydrogen (secondary N) is 2. The number of carbonyl (C=O) groups excluding carboxylic acids is 2. The first kappa shape index (κ1) is 12.6. The number of carbonyl (C=O) groups is 2. The number of rotatable bonds is 2. The molecule has 0 radical (unpaired) electrons. The van der Waals surface area contributed by atoms with Crippen LogP contribution in [0.2, 0.25) is 0 Å². The first-order chi connectivity index (χ1) is 8.54. The summed E-state index contributed by atoms with van der Waals surface area (Å²) in [6.07, 6.45) is 0. The summed E-state index contributed by atoms with van der Waals surface area (Å²) in [6, 6.07) is 0. The van der Waals surface area contributed by atoms with Crippen LogP contribution in [0.3, 0.4) is 0 Å². The molecule has 2 aromatic rings. The molecule has 9 heteroatoms. The maximum absolute atomic E-state index is 11.5. The monoisotopic (exact) mass is 283 g/mol. The third-order valence-corrected chi connectivity index (χ3v) is 3.42. The van der Waals surface area contributed by atoms with Gasteiger partial charge < -0.3 is 0 Å². The van der Waals surface area contributed by atoms with Crippen LogP contribution in [-0.4, -0.2) is 27.0 Å². The molecule has 2 N–H and O–H groups in total. The van der Waals surface area contributed by atoms with E-state index in [2.05, 4.69) is 25.8 Å². The average molecular weight is 283 g/mol. The van der Waals surface area contributed by atoms with Crippen molar-refractivity contribution in [3.8, 4) is 0 Å². The van der Waals surface area contributed by atoms with Crippen molar-refractivity contribution in [2.75, 3.05) is 10.6 Å². The van der Waals surface area contributed by atoms with Crippen molar-refractivity contribution in [2.24, 2.45) is 0 Å². The lowest BCUT2D eigenvalue weighted by Crippen LogP contribution is -2.29. The Morgan fingerprint density at radius 3 is 2.28 bits per heavy atom. The van der Waals surface area contributed by atoms with Gasteiger partial charge in [-0.05, 0) is 13.8 Å². The third kappa shape index (κ3) is 3.08. The molecular weight excluding hydrogens is 274 g/mol. The molecule has 0 spiro atoms. The highest BCUT2D eigenvalue weighted by Gasteiger charge is 2.16. The van der Waals surface area contributed by atoms with Gasteiger partial charge in [-0.15, -0.1) is 21.5 Å². The molecule has 0 fully saturated rings. The highest BCUT2D eigenvalue weighted by molar-refractivity contribution is 7.15. The van der Waals surface area contributed by atoms with E-state index in [4.69, 9.17) is 0 Å². The fraction of sp³-hybridized carbons (Fsp3) is 0.222. The highest BCUT2D eigenvalue weighted by atomic mass is 32.1. The predicted octanol–water partition coefficient (Wildman–Crippen LogP) is 1.19. The van der Waals surface area contributed by atoms with Crippen molar-refractivity contribution in [3.05, 3.63) is 16.1 Å². The van der Waals surface area contributed by atoms with Gasteiger partial charge in [0.25, 0.3) is 0 Å². The first-order valence-electron chi connectivity index (χ1n) is 4.89. The molecule has 18 heavy (non-hydrogen) atoms. The van der Waals surface area contributed by atoms with E-state index in [1.807, 2.05) is 0 Å². The largest absolute Gasteiger partial charge is 0.315 e. The van der Waals surface area contributed by atoms with Crippen molar-refractivity contribution in [1.29, 1.82) is 0 Å². The van der Waals surface area contributed by atoms with Gasteiger partial charge in [-0.2, -0.15) is 0 Å². The Morgan fingerprint density at radius 1 is 1.11 bits per heavy atom. The number of hydrogen-bond acceptors (Lipinski definition) is 7. The molecule has 0 aliphatic heterocycles. The number of amides is 2. The Labute approximate surface area is 110 Å². The van der Waals surface area contributed by atoms with Crippen molar-refractivity contribution in [3.63, 3.8) is 0 Å². The van der Waals surface area contributed by atoms with E-state index in [-0.39, 0.29) is 0 Å². The van der Waals surface area contributed by atoms with Crippen LogP contribution in [0.4, 0.5) is 10.3 Å². The van der Waals surface area contributed by atoms with Crippen LogP contribution >= 0.6 is 22.7 Å². The Morgan fingerprint density at radius 2 is 1.78 bits per heavy atom. The second-order valence-electron chi connectivity index (χ2n) is 3.33. The van der Waals surface area contributed by atoms with Gasteiger partial charge in [0.1, 0.15) is 5.01 Å². The van der Waals surface area contributed by atoms with E-state index in [0.29, 0.717) is 15.3 Å². The maximum Gasteiger partial charge on any atom is 0.315 e. The first-order valence-corrected chi connectivity index (χ1v) is 6.59. The van der Waals surface area contributed by atoms with E-state index in [1.54, 1.807) is 19.2 Å². The predicted molar refractivity (Wildman–Crippen MR) is 68.8 cm³/mol. The summed E-state index contributed by atoms with van der Waals surface area (Å²) in [5.74, 6) is -1.57. The van der Waals surface area contributed by atoms with Gasteiger partial charge in [0.05, 0.1) is 5.69 Å². The van der Waals surface area contributed by atoms with Crippen LogP contribution in [0.1, 0.15) is 10.7 Å². The Balaban J connectivity index is 1.95. The number of thiazole rings is 1. The molecule has 7 nitrogen and oxygen atoms in total. The van der Waals surface area contributed by atoms with Gasteiger partial charge in [0.15, 0.2) is 5.13 Å². The topological polar surface area (TPSA) is 96.9 Å². The number of nitrogens with zero attached hydrogens (tertiary/aromatic N) is 3. The van der Waals surface area contributed by atoms with Crippen LogP contribution in [0.15, 0.2) is 5.38 Å². The smallest absolute Gasteiger partial charge is 0.294 e. The molecule has 0 bridgehead atoms. The molecule has 0 aliphatic rings. The molecule has 2 aromatic heterocycles. The van der Waals surface area contributed by atoms with Gasteiger partial charge in [0, 0.05) is 5.38 Å². The molecule has 0 saturated heterocycles. The summed E-state index contributed by atoms with van der Waals surface area (Å²) >= 11 is 2.45. The van der Waals surface area contributed by atoms with Gasteiger partial charge >= 0.3 is 11.8 Å². The Hall–Kier alpha value is -1.87. The quantitative estimate of drug-likeness (QED) is 0.807. The molecule has 94 valence electrons. The van der Waals surface area contributed by atoms with Crippen LogP contribution < -0.4 is 10.6 Å². The highest BCUT2D eigenvalue weighted by Crippen LogP contribution is 2.15. The number of hydrogen-bond donors (Lipinski definition) is 2. The van der Waals surface area contributed by atoms with Crippen molar-refractivity contribution in [2.45, 2.75) is 13.8 Å². The summed E-state index contributed by atoms with van der Waals surface area (Å²) < 4.78 is 0. The summed E-state index contributed by atoms with van der Waals surface area (Å²) in [7, 11) is 0. The molecule has 2 rings (SSSR count). The summed E-state index contributed by atoms with van der Waals surface area (Å²) in [5, 5.41) is 15.4. The normalized spacial score (nSPS) is 10.1. The second kappa shape index (κ2) is 5.19. The summed E-state index contributed by atoms with van der Waals surface area (Å²) in [6.45, 7) is 3.56. The van der Waals surface area contributed by atoms with E-state index in [0.717, 1.165) is 5.69 Å². The van der Waals surface area contributed by atoms with Crippen LogP contribution in [0.25, 0.3) is 0 Å². The standard InChI is InChI=1S/C9H9N5O2S2/c1-4-3-17-8(10-4)11-6(15)7(16)12-9-14-13-5(2)18-9/h3H,1-2H3,(H,10,11,15)(H,12,14,16). The van der Waals surface area contributed by atoms with Crippen LogP contribution in [0, 0.1) is 13.8 Å². The summed E-state index contributed by atoms with van der Waals surface area (Å²) in [5.41, 5.74) is 0.787. The minimum absolute atomic E-state index is 0.294. The number of aryl methyl sites for hydroxylation is 2. The molecule has 0 atom stereocenters. The molecule has 0 saturated carbocycles. The molecule has 0 unspecified atom stereocenters. The molecular formula is C9H9N5O2S2. The SMILES string of the molecule is Cc1csc(NC(=O)C(=O)Nc2nnc(C)s2)n1. The fourth-order valence-corrected chi connectivity index (χ4v) is 2.34. The van der Waals surface area contributed by atoms with Crippen LogP contribution in [-0.2, 0) is 9.59 Å². The second-order valence-corrected chi connectivity index (χ2v) is 5.37. The Bertz CT molecular complexity index is 539. The van der Waals surface area contributed by atoms with Gasteiger partial charge in [-0.25, -0.2) is 4.98 Å². The van der Waals surface area contributed by atoms with E-state index >= 15 is 0 Å².